The molecule has 0 fully saturated rings. The van der Waals surface area contributed by atoms with Crippen LogP contribution in [0.4, 0.5) is 0 Å². The molecule has 0 amide bonds. The van der Waals surface area contributed by atoms with Gasteiger partial charge in [-0.05, 0) is 19.3 Å². The monoisotopic (exact) mass is 170 g/mol. The lowest BCUT2D eigenvalue weighted by Gasteiger charge is -1.98. The summed E-state index contributed by atoms with van der Waals surface area (Å²) in [6, 6.07) is 0. The largest absolute Gasteiger partial charge is 0.481 e. The van der Waals surface area contributed by atoms with Crippen LogP contribution in [0.5, 0.6) is 0 Å². The van der Waals surface area contributed by atoms with Gasteiger partial charge in [-0.2, -0.15) is 0 Å². The SMILES string of the molecule is CCCC(=C=O)CCCC(=O)O. The molecule has 0 aliphatic carbocycles. The standard InChI is InChI=1S/C9H14O3/c1-2-4-8(7-10)5-3-6-9(11)12/h2-6H2,1H3,(H,11,12). The predicted molar refractivity (Wildman–Crippen MR) is 45.6 cm³/mol. The second kappa shape index (κ2) is 6.62. The van der Waals surface area contributed by atoms with Crippen molar-refractivity contribution >= 4 is 11.9 Å². The number of carbonyl (C=O) groups excluding carboxylic acids is 1. The molecule has 68 valence electrons. The summed E-state index contributed by atoms with van der Waals surface area (Å²) in [7, 11) is 0. The maximum absolute atomic E-state index is 10.3. The summed E-state index contributed by atoms with van der Waals surface area (Å²) in [5.74, 6) is 1.04. The van der Waals surface area contributed by atoms with Gasteiger partial charge in [0.1, 0.15) is 5.94 Å². The van der Waals surface area contributed by atoms with Crippen LogP contribution in [0.2, 0.25) is 0 Å². The second-order valence-electron chi connectivity index (χ2n) is 2.70. The molecule has 3 heteroatoms. The van der Waals surface area contributed by atoms with Gasteiger partial charge in [0.2, 0.25) is 0 Å². The van der Waals surface area contributed by atoms with E-state index in [0.29, 0.717) is 18.4 Å². The summed E-state index contributed by atoms with van der Waals surface area (Å²) >= 11 is 0. The highest BCUT2D eigenvalue weighted by Crippen LogP contribution is 2.09. The van der Waals surface area contributed by atoms with E-state index in [1.807, 2.05) is 12.9 Å². The van der Waals surface area contributed by atoms with Gasteiger partial charge < -0.3 is 5.11 Å². The van der Waals surface area contributed by atoms with Crippen LogP contribution < -0.4 is 0 Å². The third-order valence-electron chi connectivity index (χ3n) is 1.57. The van der Waals surface area contributed by atoms with Crippen LogP contribution in [0.3, 0.4) is 0 Å². The Morgan fingerprint density at radius 3 is 2.42 bits per heavy atom. The minimum atomic E-state index is -0.809. The summed E-state index contributed by atoms with van der Waals surface area (Å²) in [6.07, 6.45) is 2.90. The smallest absolute Gasteiger partial charge is 0.303 e. The summed E-state index contributed by atoms with van der Waals surface area (Å²) in [5, 5.41) is 8.32. The van der Waals surface area contributed by atoms with Gasteiger partial charge in [0.25, 0.3) is 0 Å². The minimum absolute atomic E-state index is 0.134. The average molecular weight is 170 g/mol. The molecule has 0 radical (unpaired) electrons. The topological polar surface area (TPSA) is 54.4 Å². The first-order valence-electron chi connectivity index (χ1n) is 4.15. The van der Waals surface area contributed by atoms with Crippen molar-refractivity contribution in [3.8, 4) is 0 Å². The zero-order chi connectivity index (χ0) is 9.40. The Labute approximate surface area is 72.1 Å². The zero-order valence-corrected chi connectivity index (χ0v) is 7.30. The van der Waals surface area contributed by atoms with Crippen LogP contribution in [0, 0.1) is 0 Å². The van der Waals surface area contributed by atoms with Crippen LogP contribution in [0.1, 0.15) is 39.0 Å². The van der Waals surface area contributed by atoms with Crippen molar-refractivity contribution in [1.82, 2.24) is 0 Å². The highest BCUT2D eigenvalue weighted by atomic mass is 16.4. The van der Waals surface area contributed by atoms with Gasteiger partial charge >= 0.3 is 5.97 Å². The summed E-state index contributed by atoms with van der Waals surface area (Å²) in [6.45, 7) is 1.98. The Balaban J connectivity index is 3.60. The molecule has 0 aromatic carbocycles. The molecular weight excluding hydrogens is 156 g/mol. The van der Waals surface area contributed by atoms with Gasteiger partial charge in [-0.25, -0.2) is 4.79 Å². The fourth-order valence-electron chi connectivity index (χ4n) is 0.982. The maximum Gasteiger partial charge on any atom is 0.303 e. The first kappa shape index (κ1) is 10.9. The molecule has 1 N–H and O–H groups in total. The number of carbonyl (C=O) groups is 1. The molecule has 0 spiro atoms. The molecule has 0 aromatic heterocycles. The minimum Gasteiger partial charge on any atom is -0.481 e. The van der Waals surface area contributed by atoms with Crippen LogP contribution in [-0.2, 0) is 9.59 Å². The van der Waals surface area contributed by atoms with Crippen LogP contribution >= 0.6 is 0 Å². The maximum atomic E-state index is 10.3. The van der Waals surface area contributed by atoms with E-state index >= 15 is 0 Å². The first-order chi connectivity index (χ1) is 5.70. The highest BCUT2D eigenvalue weighted by Gasteiger charge is 2.00. The number of carboxylic acids is 1. The van der Waals surface area contributed by atoms with Gasteiger partial charge in [-0.1, -0.05) is 13.3 Å². The summed E-state index contributed by atoms with van der Waals surface area (Å²) in [5.41, 5.74) is 0.707. The van der Waals surface area contributed by atoms with Gasteiger partial charge in [0, 0.05) is 12.0 Å². The molecule has 0 aliphatic heterocycles. The van der Waals surface area contributed by atoms with E-state index in [1.54, 1.807) is 0 Å². The Morgan fingerprint density at radius 2 is 2.00 bits per heavy atom. The molecule has 0 unspecified atom stereocenters. The van der Waals surface area contributed by atoms with Crippen molar-refractivity contribution in [3.05, 3.63) is 5.57 Å². The van der Waals surface area contributed by atoms with Gasteiger partial charge in [0.15, 0.2) is 0 Å². The molecule has 0 aromatic rings. The van der Waals surface area contributed by atoms with Crippen molar-refractivity contribution in [2.24, 2.45) is 0 Å². The van der Waals surface area contributed by atoms with Crippen molar-refractivity contribution < 1.29 is 14.7 Å². The quantitative estimate of drug-likeness (QED) is 0.618. The number of aliphatic carboxylic acids is 1. The van der Waals surface area contributed by atoms with Crippen molar-refractivity contribution in [3.63, 3.8) is 0 Å². The third kappa shape index (κ3) is 5.69. The summed E-state index contributed by atoms with van der Waals surface area (Å²) < 4.78 is 0. The lowest BCUT2D eigenvalue weighted by Crippen LogP contribution is -1.95. The van der Waals surface area contributed by atoms with E-state index in [0.717, 1.165) is 12.8 Å². The van der Waals surface area contributed by atoms with Crippen LogP contribution in [0.15, 0.2) is 5.57 Å². The fourth-order valence-corrected chi connectivity index (χ4v) is 0.982. The van der Waals surface area contributed by atoms with E-state index in [2.05, 4.69) is 0 Å². The van der Waals surface area contributed by atoms with E-state index in [-0.39, 0.29) is 6.42 Å². The van der Waals surface area contributed by atoms with Crippen molar-refractivity contribution in [1.29, 1.82) is 0 Å². The van der Waals surface area contributed by atoms with Crippen molar-refractivity contribution in [2.45, 2.75) is 39.0 Å². The fraction of sp³-hybridized carbons (Fsp3) is 0.667. The Morgan fingerprint density at radius 1 is 1.33 bits per heavy atom. The number of rotatable bonds is 6. The third-order valence-corrected chi connectivity index (χ3v) is 1.57. The predicted octanol–water partition coefficient (Wildman–Crippen LogP) is 1.80. The Bertz CT molecular complexity index is 190. The molecule has 0 atom stereocenters. The van der Waals surface area contributed by atoms with E-state index in [1.165, 1.54) is 0 Å². The average Bonchev–Trinajstić information content (AvgIpc) is 2.02. The Hall–Kier alpha value is -1.08. The summed E-state index contributed by atoms with van der Waals surface area (Å²) in [4.78, 5) is 20.4. The van der Waals surface area contributed by atoms with E-state index in [4.69, 9.17) is 5.11 Å². The van der Waals surface area contributed by atoms with E-state index < -0.39 is 5.97 Å². The number of allylic oxidation sites excluding steroid dienone is 1. The zero-order valence-electron chi connectivity index (χ0n) is 7.30. The number of carboxylic acid groups (broad SMARTS) is 1. The molecule has 0 heterocycles. The second-order valence-corrected chi connectivity index (χ2v) is 2.70. The van der Waals surface area contributed by atoms with Gasteiger partial charge in [-0.15, -0.1) is 0 Å². The lowest BCUT2D eigenvalue weighted by molar-refractivity contribution is -0.137. The highest BCUT2D eigenvalue weighted by molar-refractivity contribution is 5.66. The molecule has 0 saturated carbocycles. The normalized spacial score (nSPS) is 9.08. The molecular formula is C9H14O3. The molecule has 3 nitrogen and oxygen atoms in total. The van der Waals surface area contributed by atoms with Crippen LogP contribution in [-0.4, -0.2) is 17.0 Å². The lowest BCUT2D eigenvalue weighted by atomic mass is 10.1. The Kier molecular flexibility index (Phi) is 6.02. The number of hydrogen-bond acceptors (Lipinski definition) is 2. The van der Waals surface area contributed by atoms with E-state index in [9.17, 15) is 9.59 Å². The molecule has 0 saturated heterocycles. The molecule has 0 aliphatic rings. The number of hydrogen-bond donors (Lipinski definition) is 1. The first-order valence-corrected chi connectivity index (χ1v) is 4.15. The molecule has 0 bridgehead atoms. The van der Waals surface area contributed by atoms with Gasteiger partial charge in [0.05, 0.1) is 0 Å². The van der Waals surface area contributed by atoms with Crippen LogP contribution in [0.25, 0.3) is 0 Å². The molecule has 12 heavy (non-hydrogen) atoms. The van der Waals surface area contributed by atoms with Gasteiger partial charge in [-0.3, -0.25) is 4.79 Å². The molecule has 0 rings (SSSR count). The van der Waals surface area contributed by atoms with Crippen molar-refractivity contribution in [2.75, 3.05) is 0 Å².